The molecule has 0 aromatic heterocycles. The van der Waals surface area contributed by atoms with Crippen LogP contribution in [0.1, 0.15) is 21.5 Å². The Morgan fingerprint density at radius 1 is 0.871 bits per heavy atom. The van der Waals surface area contributed by atoms with Crippen molar-refractivity contribution >= 4 is 16.7 Å². The maximum atomic E-state index is 13.4. The molecule has 0 aliphatic carbocycles. The predicted molar refractivity (Wildman–Crippen MR) is 124 cm³/mol. The standard InChI is InChI=1S/C27H25FN2O/c1-30(2)18-19-9-14-26-23(15-19)6-3-7-24(26)17-29-27(31)21-12-10-20(11-13-21)22-5-4-8-25(28)16-22/h3-16H,17-18H2,1-2H3,(H,29,31). The minimum atomic E-state index is -0.275. The highest BCUT2D eigenvalue weighted by atomic mass is 19.1. The van der Waals surface area contributed by atoms with Crippen LogP contribution in [0.25, 0.3) is 21.9 Å². The van der Waals surface area contributed by atoms with Crippen molar-refractivity contribution in [1.82, 2.24) is 10.2 Å². The van der Waals surface area contributed by atoms with Gasteiger partial charge >= 0.3 is 0 Å². The second-order valence-electron chi connectivity index (χ2n) is 7.98. The molecule has 4 aromatic carbocycles. The van der Waals surface area contributed by atoms with Crippen molar-refractivity contribution in [3.8, 4) is 11.1 Å². The Kier molecular flexibility index (Phi) is 6.10. The molecule has 0 saturated heterocycles. The van der Waals surface area contributed by atoms with E-state index in [1.54, 1.807) is 18.2 Å². The molecule has 0 atom stereocenters. The van der Waals surface area contributed by atoms with Gasteiger partial charge in [0.25, 0.3) is 5.91 Å². The lowest BCUT2D eigenvalue weighted by Gasteiger charge is -2.12. The van der Waals surface area contributed by atoms with Crippen molar-refractivity contribution in [2.24, 2.45) is 0 Å². The van der Waals surface area contributed by atoms with Gasteiger partial charge in [-0.15, -0.1) is 0 Å². The molecule has 4 rings (SSSR count). The van der Waals surface area contributed by atoms with Crippen LogP contribution in [0.5, 0.6) is 0 Å². The first-order chi connectivity index (χ1) is 15.0. The van der Waals surface area contributed by atoms with Gasteiger partial charge in [0, 0.05) is 18.7 Å². The fourth-order valence-electron chi connectivity index (χ4n) is 3.78. The Hall–Kier alpha value is -3.50. The van der Waals surface area contributed by atoms with Gasteiger partial charge in [-0.2, -0.15) is 0 Å². The van der Waals surface area contributed by atoms with Crippen molar-refractivity contribution in [3.05, 3.63) is 107 Å². The van der Waals surface area contributed by atoms with E-state index in [9.17, 15) is 9.18 Å². The quantitative estimate of drug-likeness (QED) is 0.445. The van der Waals surface area contributed by atoms with Gasteiger partial charge in [-0.1, -0.05) is 54.6 Å². The molecular formula is C27H25FN2O. The molecule has 0 fully saturated rings. The van der Waals surface area contributed by atoms with Gasteiger partial charge in [-0.05, 0) is 77.5 Å². The molecule has 1 amide bonds. The van der Waals surface area contributed by atoms with Gasteiger partial charge in [-0.25, -0.2) is 4.39 Å². The van der Waals surface area contributed by atoms with Crippen molar-refractivity contribution in [2.75, 3.05) is 14.1 Å². The van der Waals surface area contributed by atoms with Gasteiger partial charge in [0.2, 0.25) is 0 Å². The summed E-state index contributed by atoms with van der Waals surface area (Å²) in [5.74, 6) is -0.407. The average Bonchev–Trinajstić information content (AvgIpc) is 2.77. The lowest BCUT2D eigenvalue weighted by molar-refractivity contribution is 0.0951. The van der Waals surface area contributed by atoms with E-state index in [0.29, 0.717) is 12.1 Å². The number of carbonyl (C=O) groups excluding carboxylic acids is 1. The zero-order chi connectivity index (χ0) is 21.8. The predicted octanol–water partition coefficient (Wildman–Crippen LogP) is 5.64. The van der Waals surface area contributed by atoms with E-state index in [-0.39, 0.29) is 11.7 Å². The molecule has 31 heavy (non-hydrogen) atoms. The number of benzene rings is 4. The molecule has 0 aliphatic heterocycles. The molecular weight excluding hydrogens is 387 g/mol. The Balaban J connectivity index is 1.46. The highest BCUT2D eigenvalue weighted by Gasteiger charge is 2.08. The monoisotopic (exact) mass is 412 g/mol. The zero-order valence-electron chi connectivity index (χ0n) is 17.7. The van der Waals surface area contributed by atoms with Crippen LogP contribution in [0, 0.1) is 5.82 Å². The molecule has 0 spiro atoms. The second-order valence-corrected chi connectivity index (χ2v) is 7.98. The molecule has 0 saturated carbocycles. The fraction of sp³-hybridized carbons (Fsp3) is 0.148. The van der Waals surface area contributed by atoms with Crippen LogP contribution in [-0.2, 0) is 13.1 Å². The summed E-state index contributed by atoms with van der Waals surface area (Å²) in [6.45, 7) is 1.34. The van der Waals surface area contributed by atoms with E-state index in [2.05, 4.69) is 48.6 Å². The second kappa shape index (κ2) is 9.11. The van der Waals surface area contributed by atoms with E-state index >= 15 is 0 Å². The number of hydrogen-bond donors (Lipinski definition) is 1. The zero-order valence-corrected chi connectivity index (χ0v) is 17.7. The molecule has 156 valence electrons. The van der Waals surface area contributed by atoms with E-state index in [1.165, 1.54) is 23.1 Å². The highest BCUT2D eigenvalue weighted by molar-refractivity contribution is 5.95. The molecule has 1 N–H and O–H groups in total. The molecule has 3 nitrogen and oxygen atoms in total. The number of rotatable bonds is 6. The minimum Gasteiger partial charge on any atom is -0.348 e. The first kappa shape index (κ1) is 20.8. The van der Waals surface area contributed by atoms with Crippen molar-refractivity contribution < 1.29 is 9.18 Å². The third-order valence-electron chi connectivity index (χ3n) is 5.28. The smallest absolute Gasteiger partial charge is 0.251 e. The Morgan fingerprint density at radius 2 is 1.65 bits per heavy atom. The summed E-state index contributed by atoms with van der Waals surface area (Å²) < 4.78 is 13.4. The fourth-order valence-corrected chi connectivity index (χ4v) is 3.78. The Morgan fingerprint density at radius 3 is 2.39 bits per heavy atom. The summed E-state index contributed by atoms with van der Waals surface area (Å²) >= 11 is 0. The van der Waals surface area contributed by atoms with Crippen LogP contribution in [-0.4, -0.2) is 24.9 Å². The summed E-state index contributed by atoms with van der Waals surface area (Å²) in [5, 5.41) is 5.33. The molecule has 0 aliphatic rings. The Bertz CT molecular complexity index is 1220. The number of carbonyl (C=O) groups is 1. The van der Waals surface area contributed by atoms with E-state index < -0.39 is 0 Å². The molecule has 0 bridgehead atoms. The lowest BCUT2D eigenvalue weighted by atomic mass is 10.0. The van der Waals surface area contributed by atoms with Crippen LogP contribution in [0.2, 0.25) is 0 Å². The summed E-state index contributed by atoms with van der Waals surface area (Å²) in [6, 6.07) is 26.3. The van der Waals surface area contributed by atoms with Crippen LogP contribution in [0.15, 0.2) is 84.9 Å². The highest BCUT2D eigenvalue weighted by Crippen LogP contribution is 2.22. The Labute approximate surface area is 182 Å². The number of nitrogens with one attached hydrogen (secondary N) is 1. The number of hydrogen-bond acceptors (Lipinski definition) is 2. The third kappa shape index (κ3) is 4.98. The number of amides is 1. The maximum absolute atomic E-state index is 13.4. The SMILES string of the molecule is CN(C)Cc1ccc2c(CNC(=O)c3ccc(-c4cccc(F)c4)cc3)cccc2c1. The largest absolute Gasteiger partial charge is 0.348 e. The van der Waals surface area contributed by atoms with Gasteiger partial charge in [0.1, 0.15) is 5.82 Å². The maximum Gasteiger partial charge on any atom is 0.251 e. The van der Waals surface area contributed by atoms with Gasteiger partial charge < -0.3 is 10.2 Å². The normalized spacial score (nSPS) is 11.1. The topological polar surface area (TPSA) is 32.3 Å². The van der Waals surface area contributed by atoms with E-state index in [4.69, 9.17) is 0 Å². The third-order valence-corrected chi connectivity index (χ3v) is 5.28. The van der Waals surface area contributed by atoms with Crippen molar-refractivity contribution in [1.29, 1.82) is 0 Å². The lowest BCUT2D eigenvalue weighted by Crippen LogP contribution is -2.22. The summed E-state index contributed by atoms with van der Waals surface area (Å²) in [7, 11) is 4.11. The van der Waals surface area contributed by atoms with Gasteiger partial charge in [0.05, 0.1) is 0 Å². The van der Waals surface area contributed by atoms with Crippen LogP contribution in [0.3, 0.4) is 0 Å². The molecule has 0 radical (unpaired) electrons. The number of halogens is 1. The molecule has 4 aromatic rings. The summed E-state index contributed by atoms with van der Waals surface area (Å²) in [5.41, 5.74) is 4.58. The number of nitrogens with zero attached hydrogens (tertiary/aromatic N) is 1. The van der Waals surface area contributed by atoms with E-state index in [1.807, 2.05) is 30.3 Å². The van der Waals surface area contributed by atoms with Crippen LogP contribution < -0.4 is 5.32 Å². The summed E-state index contributed by atoms with van der Waals surface area (Å²) in [4.78, 5) is 14.8. The minimum absolute atomic E-state index is 0.132. The molecule has 0 unspecified atom stereocenters. The average molecular weight is 413 g/mol. The number of fused-ring (bicyclic) bond motifs is 1. The summed E-state index contributed by atoms with van der Waals surface area (Å²) in [6.07, 6.45) is 0. The van der Waals surface area contributed by atoms with Gasteiger partial charge in [-0.3, -0.25) is 4.79 Å². The van der Waals surface area contributed by atoms with Crippen molar-refractivity contribution in [2.45, 2.75) is 13.1 Å². The first-order valence-electron chi connectivity index (χ1n) is 10.3. The van der Waals surface area contributed by atoms with Crippen molar-refractivity contribution in [3.63, 3.8) is 0 Å². The molecule has 4 heteroatoms. The van der Waals surface area contributed by atoms with Crippen LogP contribution >= 0.6 is 0 Å². The molecule has 0 heterocycles. The first-order valence-corrected chi connectivity index (χ1v) is 10.3. The van der Waals surface area contributed by atoms with Gasteiger partial charge in [0.15, 0.2) is 0 Å². The van der Waals surface area contributed by atoms with Crippen LogP contribution in [0.4, 0.5) is 4.39 Å². The van der Waals surface area contributed by atoms with E-state index in [0.717, 1.165) is 28.6 Å².